The molecular formula is C12H17N3O2. The average Bonchev–Trinajstić information content (AvgIpc) is 2.81. The summed E-state index contributed by atoms with van der Waals surface area (Å²) in [4.78, 5) is 15.3. The van der Waals surface area contributed by atoms with Gasteiger partial charge >= 0.3 is 0 Å². The van der Waals surface area contributed by atoms with Crippen molar-refractivity contribution in [3.8, 4) is 5.88 Å². The molecule has 0 saturated heterocycles. The summed E-state index contributed by atoms with van der Waals surface area (Å²) in [6.45, 7) is 0. The zero-order valence-electron chi connectivity index (χ0n) is 9.90. The number of hydrogen-bond donors (Lipinski definition) is 2. The first-order valence-electron chi connectivity index (χ1n) is 5.81. The highest BCUT2D eigenvalue weighted by molar-refractivity contribution is 5.95. The number of methoxy groups -OCH3 is 1. The molecule has 2 rings (SSSR count). The summed E-state index contributed by atoms with van der Waals surface area (Å²) in [5, 5.41) is 3.36. The number of pyridine rings is 1. The summed E-state index contributed by atoms with van der Waals surface area (Å²) < 4.78 is 4.99. The van der Waals surface area contributed by atoms with Crippen molar-refractivity contribution in [2.24, 2.45) is 5.73 Å². The van der Waals surface area contributed by atoms with Crippen molar-refractivity contribution in [3.63, 3.8) is 0 Å². The number of aromatic nitrogens is 1. The molecule has 0 bridgehead atoms. The number of amides is 1. The molecule has 0 unspecified atom stereocenters. The van der Waals surface area contributed by atoms with Crippen LogP contribution in [0.25, 0.3) is 0 Å². The molecule has 1 aromatic rings. The van der Waals surface area contributed by atoms with Gasteiger partial charge in [0.05, 0.1) is 19.0 Å². The first kappa shape index (κ1) is 11.7. The van der Waals surface area contributed by atoms with Crippen molar-refractivity contribution in [1.82, 2.24) is 4.98 Å². The Bertz CT molecular complexity index is 414. The van der Waals surface area contributed by atoms with Crippen LogP contribution >= 0.6 is 0 Å². The van der Waals surface area contributed by atoms with Crippen LogP contribution in [0.4, 0.5) is 5.69 Å². The molecule has 0 atom stereocenters. The number of hydrogen-bond acceptors (Lipinski definition) is 4. The Hall–Kier alpha value is -1.78. The Morgan fingerprint density at radius 1 is 1.53 bits per heavy atom. The smallest absolute Gasteiger partial charge is 0.254 e. The molecule has 0 aromatic carbocycles. The topological polar surface area (TPSA) is 77.2 Å². The minimum Gasteiger partial charge on any atom is -0.480 e. The molecule has 1 saturated carbocycles. The van der Waals surface area contributed by atoms with E-state index >= 15 is 0 Å². The predicted molar refractivity (Wildman–Crippen MR) is 65.2 cm³/mol. The maximum atomic E-state index is 11.2. The highest BCUT2D eigenvalue weighted by atomic mass is 16.5. The van der Waals surface area contributed by atoms with Gasteiger partial charge in [0.15, 0.2) is 0 Å². The summed E-state index contributed by atoms with van der Waals surface area (Å²) in [6.07, 6.45) is 6.51. The second kappa shape index (κ2) is 5.03. The second-order valence-corrected chi connectivity index (χ2v) is 4.27. The van der Waals surface area contributed by atoms with Gasteiger partial charge in [0.2, 0.25) is 5.88 Å². The summed E-state index contributed by atoms with van der Waals surface area (Å²) in [5.74, 6) is -0.251. The number of nitrogens with one attached hydrogen (secondary N) is 1. The largest absolute Gasteiger partial charge is 0.480 e. The zero-order valence-corrected chi connectivity index (χ0v) is 9.90. The van der Waals surface area contributed by atoms with E-state index < -0.39 is 5.91 Å². The Morgan fingerprint density at radius 3 is 2.82 bits per heavy atom. The molecular weight excluding hydrogens is 218 g/mol. The molecule has 17 heavy (non-hydrogen) atoms. The summed E-state index contributed by atoms with van der Waals surface area (Å²) in [6, 6.07) is 2.18. The maximum Gasteiger partial charge on any atom is 0.254 e. The van der Waals surface area contributed by atoms with Gasteiger partial charge in [-0.1, -0.05) is 12.8 Å². The van der Waals surface area contributed by atoms with E-state index in [9.17, 15) is 4.79 Å². The van der Waals surface area contributed by atoms with E-state index in [1.165, 1.54) is 20.0 Å². The van der Waals surface area contributed by atoms with Gasteiger partial charge in [0, 0.05) is 6.04 Å². The van der Waals surface area contributed by atoms with Crippen LogP contribution in [0.5, 0.6) is 5.88 Å². The molecule has 0 aliphatic heterocycles. The number of rotatable bonds is 4. The zero-order chi connectivity index (χ0) is 12.3. The van der Waals surface area contributed by atoms with Crippen molar-refractivity contribution in [2.75, 3.05) is 12.4 Å². The van der Waals surface area contributed by atoms with Gasteiger partial charge in [0.1, 0.15) is 5.56 Å². The van der Waals surface area contributed by atoms with Crippen LogP contribution in [0, 0.1) is 0 Å². The molecule has 1 fully saturated rings. The van der Waals surface area contributed by atoms with E-state index in [4.69, 9.17) is 10.5 Å². The molecule has 1 amide bonds. The van der Waals surface area contributed by atoms with Crippen molar-refractivity contribution in [2.45, 2.75) is 31.7 Å². The normalized spacial score (nSPS) is 15.8. The van der Waals surface area contributed by atoms with E-state index in [0.29, 0.717) is 11.6 Å². The van der Waals surface area contributed by atoms with Crippen molar-refractivity contribution in [1.29, 1.82) is 0 Å². The molecule has 1 heterocycles. The molecule has 0 radical (unpaired) electrons. The number of ether oxygens (including phenoxy) is 1. The highest BCUT2D eigenvalue weighted by Crippen LogP contribution is 2.24. The van der Waals surface area contributed by atoms with Gasteiger partial charge in [-0.2, -0.15) is 0 Å². The predicted octanol–water partition coefficient (Wildman–Crippen LogP) is 1.54. The van der Waals surface area contributed by atoms with Crippen LogP contribution < -0.4 is 15.8 Å². The van der Waals surface area contributed by atoms with Crippen LogP contribution in [0.15, 0.2) is 12.3 Å². The average molecular weight is 235 g/mol. The van der Waals surface area contributed by atoms with Gasteiger partial charge in [-0.3, -0.25) is 4.79 Å². The number of primary amides is 1. The van der Waals surface area contributed by atoms with Gasteiger partial charge in [0.25, 0.3) is 5.91 Å². The van der Waals surface area contributed by atoms with Crippen molar-refractivity contribution >= 4 is 11.6 Å². The number of nitrogens with zero attached hydrogens (tertiary/aromatic N) is 1. The molecule has 0 spiro atoms. The number of carbonyl (C=O) groups is 1. The highest BCUT2D eigenvalue weighted by Gasteiger charge is 2.16. The second-order valence-electron chi connectivity index (χ2n) is 4.27. The van der Waals surface area contributed by atoms with Crippen LogP contribution in [-0.2, 0) is 0 Å². The molecule has 1 aliphatic rings. The lowest BCUT2D eigenvalue weighted by atomic mass is 10.2. The fraction of sp³-hybridized carbons (Fsp3) is 0.500. The Balaban J connectivity index is 2.17. The first-order valence-corrected chi connectivity index (χ1v) is 5.81. The Morgan fingerprint density at radius 2 is 2.24 bits per heavy atom. The van der Waals surface area contributed by atoms with Gasteiger partial charge in [-0.25, -0.2) is 4.98 Å². The first-order chi connectivity index (χ1) is 8.20. The van der Waals surface area contributed by atoms with Crippen LogP contribution in [-0.4, -0.2) is 24.0 Å². The minimum atomic E-state index is -0.524. The third-order valence-corrected chi connectivity index (χ3v) is 3.04. The Kier molecular flexibility index (Phi) is 3.46. The van der Waals surface area contributed by atoms with Gasteiger partial charge in [-0.15, -0.1) is 0 Å². The number of nitrogens with two attached hydrogens (primary N) is 1. The van der Waals surface area contributed by atoms with Crippen LogP contribution in [0.1, 0.15) is 36.0 Å². The molecule has 5 heteroatoms. The monoisotopic (exact) mass is 235 g/mol. The summed E-state index contributed by atoms with van der Waals surface area (Å²) >= 11 is 0. The lowest BCUT2D eigenvalue weighted by molar-refractivity contribution is 0.0996. The van der Waals surface area contributed by atoms with Crippen molar-refractivity contribution < 1.29 is 9.53 Å². The third kappa shape index (κ3) is 2.67. The van der Waals surface area contributed by atoms with Crippen LogP contribution in [0.2, 0.25) is 0 Å². The van der Waals surface area contributed by atoms with E-state index in [1.54, 1.807) is 12.3 Å². The van der Waals surface area contributed by atoms with Crippen LogP contribution in [0.3, 0.4) is 0 Å². The van der Waals surface area contributed by atoms with Gasteiger partial charge in [-0.05, 0) is 18.9 Å². The standard InChI is InChI=1S/C12H17N3O2/c1-17-12-10(11(13)16)6-9(7-14-12)15-8-4-2-3-5-8/h6-8,15H,2-5H2,1H3,(H2,13,16). The van der Waals surface area contributed by atoms with E-state index in [0.717, 1.165) is 18.5 Å². The summed E-state index contributed by atoms with van der Waals surface area (Å²) in [7, 11) is 1.47. The molecule has 3 N–H and O–H groups in total. The summed E-state index contributed by atoms with van der Waals surface area (Å²) in [5.41, 5.74) is 6.42. The SMILES string of the molecule is COc1ncc(NC2CCCC2)cc1C(N)=O. The van der Waals surface area contributed by atoms with E-state index in [1.807, 2.05) is 0 Å². The van der Waals surface area contributed by atoms with E-state index in [-0.39, 0.29) is 5.88 Å². The fourth-order valence-corrected chi connectivity index (χ4v) is 2.18. The fourth-order valence-electron chi connectivity index (χ4n) is 2.18. The number of anilines is 1. The minimum absolute atomic E-state index is 0.273. The van der Waals surface area contributed by atoms with Gasteiger partial charge < -0.3 is 15.8 Å². The van der Waals surface area contributed by atoms with E-state index in [2.05, 4.69) is 10.3 Å². The quantitative estimate of drug-likeness (QED) is 0.830. The Labute approximate surface area is 100 Å². The molecule has 92 valence electrons. The molecule has 1 aliphatic carbocycles. The maximum absolute atomic E-state index is 11.2. The number of carbonyl (C=O) groups excluding carboxylic acids is 1. The lowest BCUT2D eigenvalue weighted by Crippen LogP contribution is -2.17. The molecule has 1 aromatic heterocycles. The third-order valence-electron chi connectivity index (χ3n) is 3.04. The molecule has 5 nitrogen and oxygen atoms in total. The van der Waals surface area contributed by atoms with Crippen molar-refractivity contribution in [3.05, 3.63) is 17.8 Å². The lowest BCUT2D eigenvalue weighted by Gasteiger charge is -2.14.